The van der Waals surface area contributed by atoms with Crippen molar-refractivity contribution in [2.45, 2.75) is 24.8 Å². The van der Waals surface area contributed by atoms with Gasteiger partial charge in [-0.05, 0) is 41.0 Å². The summed E-state index contributed by atoms with van der Waals surface area (Å²) in [6.07, 6.45) is 4.03. The maximum atomic E-state index is 12.3. The molecular weight excluding hydrogens is 358 g/mol. The lowest BCUT2D eigenvalue weighted by Gasteiger charge is -2.05. The molecule has 2 rings (SSSR count). The van der Waals surface area contributed by atoms with Crippen molar-refractivity contribution in [3.8, 4) is 0 Å². The molecule has 8 heteroatoms. The molecule has 0 aliphatic rings. The van der Waals surface area contributed by atoms with Crippen LogP contribution in [0.1, 0.15) is 19.1 Å². The topological polar surface area (TPSA) is 84.2 Å². The van der Waals surface area contributed by atoms with Crippen molar-refractivity contribution < 1.29 is 12.8 Å². The van der Waals surface area contributed by atoms with Gasteiger partial charge in [0.2, 0.25) is 0 Å². The number of aromatic nitrogens is 1. The highest BCUT2D eigenvalue weighted by Gasteiger charge is 2.22. The summed E-state index contributed by atoms with van der Waals surface area (Å²) < 4.78 is 32.7. The van der Waals surface area contributed by atoms with Gasteiger partial charge >= 0.3 is 0 Å². The standard InChI is InChI=1S/C13H16BrN3O3S/c1-2-5-16-9-11-8-12(13(14)20-11)21(18,19)17-10-3-6-15-7-4-10/h3-4,6-8,16H,2,5,9H2,1H3,(H,15,17). The van der Waals surface area contributed by atoms with Crippen molar-refractivity contribution in [3.05, 3.63) is 41.0 Å². The summed E-state index contributed by atoms with van der Waals surface area (Å²) in [4.78, 5) is 3.92. The second-order valence-electron chi connectivity index (χ2n) is 4.37. The molecule has 2 N–H and O–H groups in total. The van der Waals surface area contributed by atoms with Crippen LogP contribution in [0.4, 0.5) is 5.69 Å². The second kappa shape index (κ2) is 7.06. The van der Waals surface area contributed by atoms with Crippen LogP contribution in [0.25, 0.3) is 0 Å². The molecule has 0 saturated carbocycles. The molecule has 0 bridgehead atoms. The molecule has 2 aromatic heterocycles. The molecule has 6 nitrogen and oxygen atoms in total. The normalized spacial score (nSPS) is 11.5. The summed E-state index contributed by atoms with van der Waals surface area (Å²) in [5, 5.41) is 3.15. The Kier molecular flexibility index (Phi) is 5.38. The first kappa shape index (κ1) is 16.0. The smallest absolute Gasteiger partial charge is 0.266 e. The number of anilines is 1. The van der Waals surface area contributed by atoms with E-state index in [1.807, 2.05) is 0 Å². The zero-order chi connectivity index (χ0) is 15.3. The van der Waals surface area contributed by atoms with E-state index in [-0.39, 0.29) is 9.56 Å². The number of rotatable bonds is 7. The summed E-state index contributed by atoms with van der Waals surface area (Å²) in [6.45, 7) is 3.38. The quantitative estimate of drug-likeness (QED) is 0.728. The third kappa shape index (κ3) is 4.29. The number of pyridine rings is 1. The fraction of sp³-hybridized carbons (Fsp3) is 0.308. The Morgan fingerprint density at radius 1 is 1.33 bits per heavy atom. The molecule has 0 fully saturated rings. The molecule has 114 valence electrons. The first-order chi connectivity index (χ1) is 10.0. The van der Waals surface area contributed by atoms with Gasteiger partial charge in [-0.3, -0.25) is 9.71 Å². The van der Waals surface area contributed by atoms with Crippen molar-refractivity contribution in [3.63, 3.8) is 0 Å². The third-order valence-corrected chi connectivity index (χ3v) is 4.89. The van der Waals surface area contributed by atoms with Gasteiger partial charge in [0.15, 0.2) is 4.67 Å². The van der Waals surface area contributed by atoms with Crippen LogP contribution >= 0.6 is 15.9 Å². The molecule has 2 aromatic rings. The minimum Gasteiger partial charge on any atom is -0.451 e. The van der Waals surface area contributed by atoms with Gasteiger partial charge in [-0.1, -0.05) is 6.92 Å². The van der Waals surface area contributed by atoms with Crippen LogP contribution in [0.5, 0.6) is 0 Å². The summed E-state index contributed by atoms with van der Waals surface area (Å²) in [5.41, 5.74) is 0.448. The van der Waals surface area contributed by atoms with Gasteiger partial charge in [-0.2, -0.15) is 0 Å². The molecule has 2 heterocycles. The van der Waals surface area contributed by atoms with Gasteiger partial charge < -0.3 is 9.73 Å². The number of sulfonamides is 1. The van der Waals surface area contributed by atoms with Crippen LogP contribution in [0.15, 0.2) is 44.6 Å². The highest BCUT2D eigenvalue weighted by atomic mass is 79.9. The minimum atomic E-state index is -3.70. The molecular formula is C13H16BrN3O3S. The fourth-order valence-corrected chi connectivity index (χ4v) is 3.74. The lowest BCUT2D eigenvalue weighted by atomic mass is 10.4. The van der Waals surface area contributed by atoms with Crippen molar-refractivity contribution in [2.24, 2.45) is 0 Å². The van der Waals surface area contributed by atoms with Crippen molar-refractivity contribution >= 4 is 31.6 Å². The Morgan fingerprint density at radius 2 is 2.05 bits per heavy atom. The lowest BCUT2D eigenvalue weighted by Crippen LogP contribution is -2.14. The Morgan fingerprint density at radius 3 is 2.71 bits per heavy atom. The predicted octanol–water partition coefficient (Wildman–Crippen LogP) is 2.74. The first-order valence-electron chi connectivity index (χ1n) is 6.44. The Balaban J connectivity index is 2.16. The Hall–Kier alpha value is -1.38. The molecule has 0 atom stereocenters. The average Bonchev–Trinajstić information content (AvgIpc) is 2.82. The molecule has 0 aromatic carbocycles. The summed E-state index contributed by atoms with van der Waals surface area (Å²) in [6, 6.07) is 4.67. The summed E-state index contributed by atoms with van der Waals surface area (Å²) >= 11 is 3.15. The maximum Gasteiger partial charge on any atom is 0.266 e. The van der Waals surface area contributed by atoms with Gasteiger partial charge in [-0.15, -0.1) is 0 Å². The van der Waals surface area contributed by atoms with Crippen LogP contribution in [0, 0.1) is 0 Å². The largest absolute Gasteiger partial charge is 0.451 e. The van der Waals surface area contributed by atoms with Gasteiger partial charge in [0, 0.05) is 18.5 Å². The number of hydrogen-bond donors (Lipinski definition) is 2. The predicted molar refractivity (Wildman–Crippen MR) is 83.5 cm³/mol. The lowest BCUT2D eigenvalue weighted by molar-refractivity contribution is 0.461. The minimum absolute atomic E-state index is 0.0765. The maximum absolute atomic E-state index is 12.3. The van der Waals surface area contributed by atoms with E-state index in [4.69, 9.17) is 4.42 Å². The monoisotopic (exact) mass is 373 g/mol. The van der Waals surface area contributed by atoms with Gasteiger partial charge in [0.25, 0.3) is 10.0 Å². The zero-order valence-corrected chi connectivity index (χ0v) is 13.9. The molecule has 0 spiro atoms. The molecule has 0 aliphatic heterocycles. The van der Waals surface area contributed by atoms with Gasteiger partial charge in [-0.25, -0.2) is 8.42 Å². The SMILES string of the molecule is CCCNCc1cc(S(=O)(=O)Nc2ccncc2)c(Br)o1. The molecule has 21 heavy (non-hydrogen) atoms. The summed E-state index contributed by atoms with van der Waals surface area (Å²) in [7, 11) is -3.70. The molecule has 0 saturated heterocycles. The van der Waals surface area contributed by atoms with Crippen molar-refractivity contribution in [1.82, 2.24) is 10.3 Å². The average molecular weight is 374 g/mol. The summed E-state index contributed by atoms with van der Waals surface area (Å²) in [5.74, 6) is 0.561. The Labute approximate surface area is 132 Å². The highest BCUT2D eigenvalue weighted by molar-refractivity contribution is 9.10. The number of furan rings is 1. The number of hydrogen-bond acceptors (Lipinski definition) is 5. The van der Waals surface area contributed by atoms with Crippen LogP contribution in [0.3, 0.4) is 0 Å². The zero-order valence-electron chi connectivity index (χ0n) is 11.5. The second-order valence-corrected chi connectivity index (χ2v) is 6.74. The highest BCUT2D eigenvalue weighted by Crippen LogP contribution is 2.27. The molecule has 0 radical (unpaired) electrons. The molecule has 0 amide bonds. The van der Waals surface area contributed by atoms with E-state index in [0.717, 1.165) is 13.0 Å². The van der Waals surface area contributed by atoms with Gasteiger partial charge in [0.1, 0.15) is 10.7 Å². The number of halogens is 1. The fourth-order valence-electron chi connectivity index (χ4n) is 1.69. The van der Waals surface area contributed by atoms with E-state index < -0.39 is 10.0 Å². The van der Waals surface area contributed by atoms with Crippen molar-refractivity contribution in [1.29, 1.82) is 0 Å². The van der Waals surface area contributed by atoms with Crippen LogP contribution < -0.4 is 10.0 Å². The van der Waals surface area contributed by atoms with E-state index in [1.165, 1.54) is 18.5 Å². The van der Waals surface area contributed by atoms with Crippen molar-refractivity contribution in [2.75, 3.05) is 11.3 Å². The van der Waals surface area contributed by atoms with Crippen LogP contribution in [-0.4, -0.2) is 19.9 Å². The van der Waals surface area contributed by atoms with E-state index in [1.54, 1.807) is 12.1 Å². The van der Waals surface area contributed by atoms with E-state index in [0.29, 0.717) is 18.0 Å². The number of nitrogens with one attached hydrogen (secondary N) is 2. The van der Waals surface area contributed by atoms with Crippen LogP contribution in [-0.2, 0) is 16.6 Å². The Bertz CT molecular complexity index is 686. The van der Waals surface area contributed by atoms with E-state index in [2.05, 4.69) is 37.9 Å². The first-order valence-corrected chi connectivity index (χ1v) is 8.72. The van der Waals surface area contributed by atoms with E-state index >= 15 is 0 Å². The third-order valence-electron chi connectivity index (χ3n) is 2.65. The van der Waals surface area contributed by atoms with Gasteiger partial charge in [0.05, 0.1) is 12.2 Å². The molecule has 0 aliphatic carbocycles. The number of nitrogens with zero attached hydrogens (tertiary/aromatic N) is 1. The van der Waals surface area contributed by atoms with E-state index in [9.17, 15) is 8.42 Å². The van der Waals surface area contributed by atoms with Crippen LogP contribution in [0.2, 0.25) is 0 Å². The molecule has 0 unspecified atom stereocenters.